The number of methoxy groups -OCH3 is 1. The molecule has 2 fully saturated rings. The van der Waals surface area contributed by atoms with Gasteiger partial charge in [-0.3, -0.25) is 14.6 Å². The first-order valence-corrected chi connectivity index (χ1v) is 20.4. The summed E-state index contributed by atoms with van der Waals surface area (Å²) in [6.45, 7) is 10.0. The molecule has 50 heavy (non-hydrogen) atoms. The zero-order valence-corrected chi connectivity index (χ0v) is 31.7. The third-order valence-corrected chi connectivity index (χ3v) is 11.9. The lowest BCUT2D eigenvalue weighted by molar-refractivity contribution is 0.0982. The van der Waals surface area contributed by atoms with Gasteiger partial charge in [-0.1, -0.05) is 18.2 Å². The summed E-state index contributed by atoms with van der Waals surface area (Å²) in [6, 6.07) is 12.6. The summed E-state index contributed by atoms with van der Waals surface area (Å²) in [7, 11) is 3.13. The highest BCUT2D eigenvalue weighted by Crippen LogP contribution is 2.43. The van der Waals surface area contributed by atoms with E-state index in [1.54, 1.807) is 32.8 Å². The third-order valence-electron chi connectivity index (χ3n) is 9.72. The number of hydrogen-bond donors (Lipinski definition) is 2. The SMILES string of the molecule is COc1cc(N2CCC(N3CCN(C)CC3)CC2)c(-c2cnn(C)c2)cc1Nc1ncc(Br)c(Nc2cnc3ccccc3c2P(C)(C)=O)n1. The van der Waals surface area contributed by atoms with E-state index in [0.717, 1.165) is 90.8 Å². The number of piperazine rings is 1. The maximum atomic E-state index is 13.5. The maximum absolute atomic E-state index is 13.5. The van der Waals surface area contributed by atoms with Crippen LogP contribution in [0.1, 0.15) is 12.8 Å². The molecule has 2 aromatic carbocycles. The molecule has 5 aromatic rings. The zero-order chi connectivity index (χ0) is 35.0. The van der Waals surface area contributed by atoms with Crippen LogP contribution in [0.2, 0.25) is 0 Å². The fraction of sp³-hybridized carbons (Fsp3) is 0.389. The number of fused-ring (bicyclic) bond motifs is 1. The van der Waals surface area contributed by atoms with Crippen LogP contribution in [0.3, 0.4) is 0 Å². The number of para-hydroxylation sites is 1. The standard InChI is InChI=1S/C36H44BrN10O2P/c1-44-14-16-46(17-15-44)25-10-12-47(13-11-25)32-19-33(49-3)30(18-27(32)24-20-40-45(2)23-24)42-36-39-21-28(37)35(43-36)41-31-22-38-29-9-7-6-8-26(29)34(31)50(4,5)48/h6-9,18-23,25H,10-17H2,1-5H3,(H2,39,41,42,43). The van der Waals surface area contributed by atoms with Gasteiger partial charge >= 0.3 is 0 Å². The molecule has 0 amide bonds. The Bertz CT molecular complexity index is 2050. The zero-order valence-electron chi connectivity index (χ0n) is 29.2. The fourth-order valence-corrected chi connectivity index (χ4v) is 8.86. The summed E-state index contributed by atoms with van der Waals surface area (Å²) in [5.74, 6) is 1.58. The molecule has 0 spiro atoms. The summed E-state index contributed by atoms with van der Waals surface area (Å²) in [4.78, 5) is 21.6. The lowest BCUT2D eigenvalue weighted by Gasteiger charge is -2.43. The molecule has 7 rings (SSSR count). The Morgan fingerprint density at radius 1 is 0.920 bits per heavy atom. The van der Waals surface area contributed by atoms with Crippen molar-refractivity contribution in [2.45, 2.75) is 18.9 Å². The van der Waals surface area contributed by atoms with Gasteiger partial charge in [-0.2, -0.15) is 10.1 Å². The number of pyridine rings is 1. The van der Waals surface area contributed by atoms with Gasteiger partial charge in [-0.05, 0) is 61.3 Å². The van der Waals surface area contributed by atoms with E-state index in [9.17, 15) is 4.57 Å². The van der Waals surface area contributed by atoms with Crippen LogP contribution in [0.5, 0.6) is 5.75 Å². The van der Waals surface area contributed by atoms with Gasteiger partial charge in [-0.25, -0.2) is 4.98 Å². The predicted octanol–water partition coefficient (Wildman–Crippen LogP) is 6.15. The van der Waals surface area contributed by atoms with Crippen molar-refractivity contribution in [1.82, 2.24) is 34.5 Å². The van der Waals surface area contributed by atoms with Crippen LogP contribution < -0.4 is 25.6 Å². The number of ether oxygens (including phenoxy) is 1. The van der Waals surface area contributed by atoms with Crippen LogP contribution in [-0.2, 0) is 11.6 Å². The van der Waals surface area contributed by atoms with E-state index in [-0.39, 0.29) is 0 Å². The summed E-state index contributed by atoms with van der Waals surface area (Å²) < 4.78 is 22.0. The minimum Gasteiger partial charge on any atom is -0.494 e. The van der Waals surface area contributed by atoms with Crippen molar-refractivity contribution in [2.24, 2.45) is 7.05 Å². The predicted molar refractivity (Wildman–Crippen MR) is 207 cm³/mol. The van der Waals surface area contributed by atoms with Crippen molar-refractivity contribution in [3.05, 3.63) is 65.7 Å². The van der Waals surface area contributed by atoms with Gasteiger partial charge in [0.05, 0.1) is 40.9 Å². The number of piperidine rings is 1. The number of rotatable bonds is 9. The molecule has 14 heteroatoms. The van der Waals surface area contributed by atoms with Gasteiger partial charge in [0.1, 0.15) is 18.7 Å². The van der Waals surface area contributed by atoms with Gasteiger partial charge in [0, 0.05) is 98.3 Å². The molecular formula is C36H44BrN10O2P. The molecule has 2 saturated heterocycles. The topological polar surface area (TPSA) is 117 Å². The lowest BCUT2D eigenvalue weighted by atomic mass is 9.98. The molecule has 12 nitrogen and oxygen atoms in total. The van der Waals surface area contributed by atoms with Crippen molar-refractivity contribution in [1.29, 1.82) is 0 Å². The molecule has 5 heterocycles. The Morgan fingerprint density at radius 3 is 2.38 bits per heavy atom. The molecule has 2 N–H and O–H groups in total. The molecule has 0 unspecified atom stereocenters. The number of likely N-dealkylation sites (N-methyl/N-ethyl adjacent to an activating group) is 1. The first kappa shape index (κ1) is 34.4. The highest BCUT2D eigenvalue weighted by atomic mass is 79.9. The van der Waals surface area contributed by atoms with Crippen molar-refractivity contribution in [3.63, 3.8) is 0 Å². The molecule has 0 radical (unpaired) electrons. The molecule has 0 bridgehead atoms. The Labute approximate surface area is 301 Å². The summed E-state index contributed by atoms with van der Waals surface area (Å²) in [6.07, 6.45) is 9.60. The Balaban J connectivity index is 1.18. The Morgan fingerprint density at radius 2 is 1.68 bits per heavy atom. The van der Waals surface area contributed by atoms with E-state index in [1.165, 1.54) is 0 Å². The van der Waals surface area contributed by atoms with Crippen LogP contribution in [0.25, 0.3) is 22.0 Å². The molecule has 2 aliphatic rings. The van der Waals surface area contributed by atoms with Crippen molar-refractivity contribution >= 4 is 68.1 Å². The van der Waals surface area contributed by atoms with E-state index < -0.39 is 7.14 Å². The second-order valence-electron chi connectivity index (χ2n) is 13.6. The number of anilines is 5. The number of halogens is 1. The number of aryl methyl sites for hydroxylation is 1. The van der Waals surface area contributed by atoms with Crippen molar-refractivity contribution in [3.8, 4) is 16.9 Å². The Kier molecular flexibility index (Phi) is 9.85. The Hall–Kier alpha value is -4.03. The van der Waals surface area contributed by atoms with E-state index >= 15 is 0 Å². The van der Waals surface area contributed by atoms with Crippen LogP contribution in [0.15, 0.2) is 65.7 Å². The first-order valence-electron chi connectivity index (χ1n) is 17.0. The molecule has 0 saturated carbocycles. The van der Waals surface area contributed by atoms with E-state index in [0.29, 0.717) is 33.7 Å². The smallest absolute Gasteiger partial charge is 0.229 e. The van der Waals surface area contributed by atoms with Gasteiger partial charge in [0.2, 0.25) is 5.95 Å². The first-order chi connectivity index (χ1) is 24.1. The second-order valence-corrected chi connectivity index (χ2v) is 17.6. The van der Waals surface area contributed by atoms with E-state index in [4.69, 9.17) is 9.72 Å². The minimum absolute atomic E-state index is 0.373. The molecule has 2 aliphatic heterocycles. The average Bonchev–Trinajstić information content (AvgIpc) is 3.55. The van der Waals surface area contributed by atoms with Crippen LogP contribution >= 0.6 is 23.1 Å². The lowest BCUT2D eigenvalue weighted by Crippen LogP contribution is -2.52. The van der Waals surface area contributed by atoms with E-state index in [1.807, 2.05) is 48.4 Å². The molecule has 0 atom stereocenters. The highest BCUT2D eigenvalue weighted by Gasteiger charge is 2.29. The van der Waals surface area contributed by atoms with Gasteiger partial charge in [-0.15, -0.1) is 0 Å². The van der Waals surface area contributed by atoms with Crippen molar-refractivity contribution < 1.29 is 9.30 Å². The third kappa shape index (κ3) is 7.23. The quantitative estimate of drug-likeness (QED) is 0.169. The number of nitrogens with zero attached hydrogens (tertiary/aromatic N) is 8. The maximum Gasteiger partial charge on any atom is 0.229 e. The van der Waals surface area contributed by atoms with Crippen LogP contribution in [0.4, 0.5) is 28.8 Å². The van der Waals surface area contributed by atoms with Gasteiger partial charge in [0.15, 0.2) is 0 Å². The van der Waals surface area contributed by atoms with Crippen LogP contribution in [-0.4, -0.2) is 107 Å². The number of nitrogens with one attached hydrogen (secondary N) is 2. The fourth-order valence-electron chi connectivity index (χ4n) is 7.11. The number of benzene rings is 2. The largest absolute Gasteiger partial charge is 0.494 e. The summed E-state index contributed by atoms with van der Waals surface area (Å²) >= 11 is 3.61. The normalized spacial score (nSPS) is 16.6. The molecule has 0 aliphatic carbocycles. The summed E-state index contributed by atoms with van der Waals surface area (Å²) in [5.41, 5.74) is 5.36. The van der Waals surface area contributed by atoms with Gasteiger partial charge < -0.3 is 29.7 Å². The average molecular weight is 760 g/mol. The minimum atomic E-state index is -2.70. The van der Waals surface area contributed by atoms with Crippen molar-refractivity contribution in [2.75, 3.05) is 82.3 Å². The molecule has 3 aromatic heterocycles. The molecular weight excluding hydrogens is 715 g/mol. The monoisotopic (exact) mass is 758 g/mol. The number of hydrogen-bond acceptors (Lipinski definition) is 11. The van der Waals surface area contributed by atoms with Crippen LogP contribution in [0, 0.1) is 0 Å². The summed E-state index contributed by atoms with van der Waals surface area (Å²) in [5, 5.41) is 12.9. The number of aromatic nitrogens is 5. The van der Waals surface area contributed by atoms with Gasteiger partial charge in [0.25, 0.3) is 0 Å². The van der Waals surface area contributed by atoms with E-state index in [2.05, 4.69) is 75.5 Å². The molecule has 262 valence electrons. The second kappa shape index (κ2) is 14.3. The highest BCUT2D eigenvalue weighted by molar-refractivity contribution is 9.10.